The van der Waals surface area contributed by atoms with Gasteiger partial charge in [0, 0.05) is 44.0 Å². The Kier molecular flexibility index (Phi) is 6.75. The summed E-state index contributed by atoms with van der Waals surface area (Å²) in [5, 5.41) is 8.27. The average Bonchev–Trinajstić information content (AvgIpc) is 3.52. The van der Waals surface area contributed by atoms with Crippen LogP contribution in [0, 0.1) is 0 Å². The Morgan fingerprint density at radius 1 is 0.750 bits per heavy atom. The molecule has 0 aliphatic rings. The highest BCUT2D eigenvalue weighted by molar-refractivity contribution is 7.17. The first-order valence-corrected chi connectivity index (χ1v) is 11.7. The van der Waals surface area contributed by atoms with Gasteiger partial charge < -0.3 is 30.8 Å². The molecule has 0 radical (unpaired) electrons. The van der Waals surface area contributed by atoms with Gasteiger partial charge in [-0.25, -0.2) is 0 Å². The number of nitrogens with two attached hydrogens (primary N) is 1. The molecule has 0 aliphatic heterocycles. The van der Waals surface area contributed by atoms with Crippen molar-refractivity contribution in [3.8, 4) is 10.4 Å². The summed E-state index contributed by atoms with van der Waals surface area (Å²) in [5.74, 6) is -1.44. The third kappa shape index (κ3) is 5.36. The van der Waals surface area contributed by atoms with Gasteiger partial charge in [0.25, 0.3) is 17.7 Å². The standard InChI is InChI=1S/C25H24N6O4S/c1-14(32)27-16-6-4-15(5-7-16)21-8-9-22(36-21)25(35)29-18-11-20(31(3)13-18)24(34)28-17-10-19(23(26)33)30(2)12-17/h4-13H,1-3H3,(H2,26,33)(H,27,32)(H,28,34)(H,29,35). The Balaban J connectivity index is 1.43. The van der Waals surface area contributed by atoms with Crippen molar-refractivity contribution >= 4 is 52.0 Å². The maximum atomic E-state index is 12.8. The van der Waals surface area contributed by atoms with Crippen LogP contribution in [0.1, 0.15) is 37.6 Å². The van der Waals surface area contributed by atoms with Crippen LogP contribution in [0.15, 0.2) is 60.9 Å². The number of aromatic nitrogens is 2. The lowest BCUT2D eigenvalue weighted by molar-refractivity contribution is -0.114. The van der Waals surface area contributed by atoms with Crippen molar-refractivity contribution in [2.75, 3.05) is 16.0 Å². The fraction of sp³-hybridized carbons (Fsp3) is 0.120. The van der Waals surface area contributed by atoms with Gasteiger partial charge in [0.1, 0.15) is 11.4 Å². The number of benzene rings is 1. The second-order valence-corrected chi connectivity index (χ2v) is 9.23. The van der Waals surface area contributed by atoms with Crippen molar-refractivity contribution in [3.05, 3.63) is 77.2 Å². The number of hydrogen-bond acceptors (Lipinski definition) is 5. The fourth-order valence-corrected chi connectivity index (χ4v) is 4.57. The van der Waals surface area contributed by atoms with Crippen molar-refractivity contribution in [3.63, 3.8) is 0 Å². The smallest absolute Gasteiger partial charge is 0.272 e. The number of amides is 4. The maximum absolute atomic E-state index is 12.8. The SMILES string of the molecule is CC(=O)Nc1ccc(-c2ccc(C(=O)Nc3cc(C(=O)Nc4cc(C(N)=O)n(C)c4)n(C)c3)s2)cc1. The topological polar surface area (TPSA) is 140 Å². The van der Waals surface area contributed by atoms with Crippen molar-refractivity contribution in [2.45, 2.75) is 6.92 Å². The van der Waals surface area contributed by atoms with Crippen LogP contribution in [0.2, 0.25) is 0 Å². The molecule has 5 N–H and O–H groups in total. The minimum absolute atomic E-state index is 0.142. The number of thiophene rings is 1. The van der Waals surface area contributed by atoms with Gasteiger partial charge in [0.2, 0.25) is 5.91 Å². The molecule has 11 heteroatoms. The van der Waals surface area contributed by atoms with Crippen LogP contribution in [0.3, 0.4) is 0 Å². The summed E-state index contributed by atoms with van der Waals surface area (Å²) in [4.78, 5) is 49.6. The Labute approximate surface area is 210 Å². The van der Waals surface area contributed by atoms with Gasteiger partial charge >= 0.3 is 0 Å². The number of nitrogens with one attached hydrogen (secondary N) is 3. The highest BCUT2D eigenvalue weighted by Gasteiger charge is 2.17. The molecule has 0 fully saturated rings. The summed E-state index contributed by atoms with van der Waals surface area (Å²) in [6.45, 7) is 1.45. The summed E-state index contributed by atoms with van der Waals surface area (Å²) in [5.41, 5.74) is 8.42. The first kappa shape index (κ1) is 24.5. The zero-order chi connectivity index (χ0) is 26.0. The Hall–Kier alpha value is -4.64. The third-order valence-corrected chi connectivity index (χ3v) is 6.46. The number of nitrogens with zero attached hydrogens (tertiary/aromatic N) is 2. The Morgan fingerprint density at radius 2 is 1.33 bits per heavy atom. The second kappa shape index (κ2) is 9.92. The van der Waals surface area contributed by atoms with Gasteiger partial charge in [-0.3, -0.25) is 19.2 Å². The average molecular weight is 505 g/mol. The number of aryl methyl sites for hydroxylation is 2. The van der Waals surface area contributed by atoms with Gasteiger partial charge in [0.05, 0.1) is 16.3 Å². The molecule has 184 valence electrons. The molecule has 3 aromatic heterocycles. The molecule has 1 aromatic carbocycles. The Morgan fingerprint density at radius 3 is 1.92 bits per heavy atom. The second-order valence-electron chi connectivity index (χ2n) is 8.14. The van der Waals surface area contributed by atoms with Gasteiger partial charge in [-0.15, -0.1) is 11.3 Å². The summed E-state index contributed by atoms with van der Waals surface area (Å²) in [6, 6.07) is 14.0. The lowest BCUT2D eigenvalue weighted by atomic mass is 10.2. The number of primary amides is 1. The van der Waals surface area contributed by atoms with Crippen molar-refractivity contribution in [1.82, 2.24) is 9.13 Å². The molecule has 0 aliphatic carbocycles. The van der Waals surface area contributed by atoms with Crippen LogP contribution in [0.4, 0.5) is 17.1 Å². The minimum Gasteiger partial charge on any atom is -0.364 e. The molecule has 4 rings (SSSR count). The zero-order valence-corrected chi connectivity index (χ0v) is 20.6. The molecule has 10 nitrogen and oxygen atoms in total. The molecule has 36 heavy (non-hydrogen) atoms. The summed E-state index contributed by atoms with van der Waals surface area (Å²) in [7, 11) is 3.35. The van der Waals surface area contributed by atoms with Crippen molar-refractivity contribution < 1.29 is 19.2 Å². The van der Waals surface area contributed by atoms with E-state index in [1.54, 1.807) is 55.3 Å². The number of anilines is 3. The quantitative estimate of drug-likeness (QED) is 0.305. The van der Waals surface area contributed by atoms with E-state index < -0.39 is 11.8 Å². The van der Waals surface area contributed by atoms with E-state index in [2.05, 4.69) is 16.0 Å². The van der Waals surface area contributed by atoms with E-state index in [0.717, 1.165) is 10.4 Å². The molecule has 4 amide bonds. The molecule has 0 spiro atoms. The van der Waals surface area contributed by atoms with Crippen LogP contribution in [-0.2, 0) is 18.9 Å². The van der Waals surface area contributed by atoms with Crippen LogP contribution in [-0.4, -0.2) is 32.8 Å². The van der Waals surface area contributed by atoms with Crippen LogP contribution >= 0.6 is 11.3 Å². The highest BCUT2D eigenvalue weighted by Crippen LogP contribution is 2.30. The molecule has 0 bridgehead atoms. The zero-order valence-electron chi connectivity index (χ0n) is 19.8. The van der Waals surface area contributed by atoms with E-state index in [1.807, 2.05) is 18.2 Å². The van der Waals surface area contributed by atoms with Crippen LogP contribution in [0.5, 0.6) is 0 Å². The predicted octanol–water partition coefficient (Wildman–Crippen LogP) is 3.65. The fourth-order valence-electron chi connectivity index (χ4n) is 3.66. The summed E-state index contributed by atoms with van der Waals surface area (Å²) >= 11 is 1.33. The largest absolute Gasteiger partial charge is 0.364 e. The minimum atomic E-state index is -0.597. The monoisotopic (exact) mass is 504 g/mol. The molecule has 4 aromatic rings. The third-order valence-electron chi connectivity index (χ3n) is 5.33. The first-order valence-electron chi connectivity index (χ1n) is 10.8. The molecule has 0 saturated carbocycles. The summed E-state index contributed by atoms with van der Waals surface area (Å²) in [6.07, 6.45) is 3.23. The van der Waals surface area contributed by atoms with Gasteiger partial charge in [-0.05, 0) is 42.0 Å². The molecular formula is C25H24N6O4S. The molecule has 0 unspecified atom stereocenters. The summed E-state index contributed by atoms with van der Waals surface area (Å²) < 4.78 is 3.13. The maximum Gasteiger partial charge on any atom is 0.272 e. The number of carbonyl (C=O) groups is 4. The van der Waals surface area contributed by atoms with E-state index in [0.29, 0.717) is 27.6 Å². The molecule has 0 atom stereocenters. The van der Waals surface area contributed by atoms with Gasteiger partial charge in [0.15, 0.2) is 0 Å². The van der Waals surface area contributed by atoms with E-state index in [9.17, 15) is 19.2 Å². The predicted molar refractivity (Wildman–Crippen MR) is 139 cm³/mol. The molecular weight excluding hydrogens is 480 g/mol. The number of hydrogen-bond donors (Lipinski definition) is 4. The number of rotatable bonds is 7. The lowest BCUT2D eigenvalue weighted by Crippen LogP contribution is -2.15. The van der Waals surface area contributed by atoms with E-state index in [1.165, 1.54) is 28.9 Å². The molecule has 3 heterocycles. The Bertz CT molecular complexity index is 1480. The van der Waals surface area contributed by atoms with E-state index >= 15 is 0 Å². The van der Waals surface area contributed by atoms with Crippen molar-refractivity contribution in [1.29, 1.82) is 0 Å². The first-order chi connectivity index (χ1) is 17.1. The normalized spacial score (nSPS) is 10.6. The van der Waals surface area contributed by atoms with Crippen LogP contribution in [0.25, 0.3) is 10.4 Å². The lowest BCUT2D eigenvalue weighted by Gasteiger charge is -2.03. The number of carbonyl (C=O) groups excluding carboxylic acids is 4. The van der Waals surface area contributed by atoms with Gasteiger partial charge in [-0.2, -0.15) is 0 Å². The van der Waals surface area contributed by atoms with E-state index in [-0.39, 0.29) is 17.5 Å². The van der Waals surface area contributed by atoms with Crippen molar-refractivity contribution in [2.24, 2.45) is 19.8 Å². The highest BCUT2D eigenvalue weighted by atomic mass is 32.1. The van der Waals surface area contributed by atoms with Crippen LogP contribution < -0.4 is 21.7 Å². The van der Waals surface area contributed by atoms with E-state index in [4.69, 9.17) is 5.73 Å². The van der Waals surface area contributed by atoms with Gasteiger partial charge in [-0.1, -0.05) is 12.1 Å². The molecule has 0 saturated heterocycles.